The molecule has 1 atom stereocenters. The Morgan fingerprint density at radius 3 is 3.00 bits per heavy atom. The summed E-state index contributed by atoms with van der Waals surface area (Å²) in [5.41, 5.74) is 1.58. The predicted octanol–water partition coefficient (Wildman–Crippen LogP) is 3.16. The molecule has 1 heterocycles. The van der Waals surface area contributed by atoms with E-state index in [9.17, 15) is 4.79 Å². The molecule has 1 saturated heterocycles. The highest BCUT2D eigenvalue weighted by Crippen LogP contribution is 2.24. The van der Waals surface area contributed by atoms with Gasteiger partial charge in [0.25, 0.3) is 0 Å². The van der Waals surface area contributed by atoms with Crippen molar-refractivity contribution in [3.8, 4) is 0 Å². The van der Waals surface area contributed by atoms with Crippen LogP contribution in [0.5, 0.6) is 0 Å². The maximum atomic E-state index is 11.1. The molecule has 0 N–H and O–H groups in total. The summed E-state index contributed by atoms with van der Waals surface area (Å²) < 4.78 is 5.65. The fourth-order valence-corrected chi connectivity index (χ4v) is 2.52. The van der Waals surface area contributed by atoms with E-state index < -0.39 is 0 Å². The van der Waals surface area contributed by atoms with Crippen molar-refractivity contribution in [3.63, 3.8) is 0 Å². The lowest BCUT2D eigenvalue weighted by atomic mass is 10.1. The lowest BCUT2D eigenvalue weighted by molar-refractivity contribution is 0.111. The Labute approximate surface area is 113 Å². The quantitative estimate of drug-likeness (QED) is 0.768. The Balaban J connectivity index is 2.17. The number of carbonyl (C=O) groups excluding carboxylic acids is 1. The first-order valence-corrected chi connectivity index (χ1v) is 6.73. The molecule has 0 aromatic heterocycles. The van der Waals surface area contributed by atoms with Crippen LogP contribution in [0.15, 0.2) is 18.2 Å². The minimum Gasteiger partial charge on any atom is -0.376 e. The number of carbonyl (C=O) groups is 1. The van der Waals surface area contributed by atoms with Crippen LogP contribution >= 0.6 is 11.6 Å². The fourth-order valence-electron chi connectivity index (χ4n) is 2.34. The number of aldehydes is 1. The van der Waals surface area contributed by atoms with Crippen LogP contribution < -0.4 is 4.90 Å². The van der Waals surface area contributed by atoms with Gasteiger partial charge in [-0.1, -0.05) is 11.6 Å². The maximum absolute atomic E-state index is 11.1. The average molecular weight is 268 g/mol. The molecule has 0 bridgehead atoms. The molecular weight excluding hydrogens is 250 g/mol. The van der Waals surface area contributed by atoms with Gasteiger partial charge >= 0.3 is 0 Å². The van der Waals surface area contributed by atoms with E-state index in [0.717, 1.165) is 44.5 Å². The van der Waals surface area contributed by atoms with Crippen LogP contribution in [-0.2, 0) is 4.74 Å². The third-order valence-corrected chi connectivity index (χ3v) is 3.52. The van der Waals surface area contributed by atoms with Gasteiger partial charge in [0.2, 0.25) is 0 Å². The standard InChI is InChI=1S/C14H18ClNO2/c1-2-16(9-13-4-3-7-18-13)14-6-5-12(15)8-11(14)10-17/h5-6,8,10,13H,2-4,7,9H2,1H3. The Morgan fingerprint density at radius 2 is 2.39 bits per heavy atom. The van der Waals surface area contributed by atoms with E-state index in [-0.39, 0.29) is 6.10 Å². The highest BCUT2D eigenvalue weighted by atomic mass is 35.5. The number of halogens is 1. The molecule has 1 aliphatic heterocycles. The zero-order valence-corrected chi connectivity index (χ0v) is 11.3. The summed E-state index contributed by atoms with van der Waals surface area (Å²) in [5, 5.41) is 0.592. The van der Waals surface area contributed by atoms with E-state index in [1.54, 1.807) is 6.07 Å². The van der Waals surface area contributed by atoms with Crippen molar-refractivity contribution < 1.29 is 9.53 Å². The fraction of sp³-hybridized carbons (Fsp3) is 0.500. The zero-order valence-electron chi connectivity index (χ0n) is 10.6. The molecule has 0 aliphatic carbocycles. The first-order valence-electron chi connectivity index (χ1n) is 6.36. The van der Waals surface area contributed by atoms with Crippen LogP contribution in [0, 0.1) is 0 Å². The minimum atomic E-state index is 0.278. The van der Waals surface area contributed by atoms with E-state index in [1.165, 1.54) is 0 Å². The maximum Gasteiger partial charge on any atom is 0.152 e. The molecule has 1 aromatic carbocycles. The normalized spacial score (nSPS) is 18.9. The van der Waals surface area contributed by atoms with Gasteiger partial charge in [-0.2, -0.15) is 0 Å². The third-order valence-electron chi connectivity index (χ3n) is 3.29. The van der Waals surface area contributed by atoms with Gasteiger partial charge in [0.1, 0.15) is 0 Å². The van der Waals surface area contributed by atoms with Crippen molar-refractivity contribution in [2.75, 3.05) is 24.6 Å². The molecule has 0 saturated carbocycles. The van der Waals surface area contributed by atoms with Gasteiger partial charge in [-0.3, -0.25) is 4.79 Å². The molecule has 98 valence electrons. The number of likely N-dealkylation sites (N-methyl/N-ethyl adjacent to an activating group) is 1. The van der Waals surface area contributed by atoms with Crippen molar-refractivity contribution >= 4 is 23.6 Å². The van der Waals surface area contributed by atoms with Crippen LogP contribution in [0.2, 0.25) is 5.02 Å². The van der Waals surface area contributed by atoms with Crippen molar-refractivity contribution in [3.05, 3.63) is 28.8 Å². The molecule has 4 heteroatoms. The smallest absolute Gasteiger partial charge is 0.152 e. The van der Waals surface area contributed by atoms with Crippen LogP contribution in [0.25, 0.3) is 0 Å². The number of ether oxygens (including phenoxy) is 1. The molecule has 3 nitrogen and oxygen atoms in total. The number of benzene rings is 1. The predicted molar refractivity (Wildman–Crippen MR) is 73.7 cm³/mol. The van der Waals surface area contributed by atoms with Gasteiger partial charge in [-0.15, -0.1) is 0 Å². The van der Waals surface area contributed by atoms with Crippen molar-refractivity contribution in [2.24, 2.45) is 0 Å². The number of nitrogens with zero attached hydrogens (tertiary/aromatic N) is 1. The van der Waals surface area contributed by atoms with Crippen LogP contribution in [0.3, 0.4) is 0 Å². The van der Waals surface area contributed by atoms with Gasteiger partial charge < -0.3 is 9.64 Å². The lowest BCUT2D eigenvalue weighted by Crippen LogP contribution is -2.32. The number of rotatable bonds is 5. The molecule has 1 fully saturated rings. The second-order valence-electron chi connectivity index (χ2n) is 4.49. The number of anilines is 1. The minimum absolute atomic E-state index is 0.278. The molecular formula is C14H18ClNO2. The van der Waals surface area contributed by atoms with Gasteiger partial charge in [0, 0.05) is 36.0 Å². The van der Waals surface area contributed by atoms with Gasteiger partial charge in [0.15, 0.2) is 6.29 Å². The van der Waals surface area contributed by atoms with Crippen molar-refractivity contribution in [1.29, 1.82) is 0 Å². The van der Waals surface area contributed by atoms with Crippen molar-refractivity contribution in [1.82, 2.24) is 0 Å². The molecule has 1 unspecified atom stereocenters. The molecule has 1 aliphatic rings. The zero-order chi connectivity index (χ0) is 13.0. The molecule has 0 amide bonds. The summed E-state index contributed by atoms with van der Waals surface area (Å²) in [6, 6.07) is 5.44. The van der Waals surface area contributed by atoms with E-state index in [2.05, 4.69) is 11.8 Å². The van der Waals surface area contributed by atoms with E-state index in [0.29, 0.717) is 10.6 Å². The second kappa shape index (κ2) is 6.21. The first-order chi connectivity index (χ1) is 8.74. The van der Waals surface area contributed by atoms with Gasteiger partial charge in [0.05, 0.1) is 6.10 Å². The molecule has 2 rings (SSSR count). The summed E-state index contributed by atoms with van der Waals surface area (Å²) >= 11 is 5.91. The lowest BCUT2D eigenvalue weighted by Gasteiger charge is -2.27. The Hall–Kier alpha value is -1.06. The van der Waals surface area contributed by atoms with Crippen LogP contribution in [0.4, 0.5) is 5.69 Å². The molecule has 1 aromatic rings. The second-order valence-corrected chi connectivity index (χ2v) is 4.93. The average Bonchev–Trinajstić information content (AvgIpc) is 2.89. The highest BCUT2D eigenvalue weighted by Gasteiger charge is 2.20. The van der Waals surface area contributed by atoms with E-state index in [1.807, 2.05) is 12.1 Å². The van der Waals surface area contributed by atoms with Crippen molar-refractivity contribution in [2.45, 2.75) is 25.9 Å². The summed E-state index contributed by atoms with van der Waals surface area (Å²) in [5.74, 6) is 0. The molecule has 0 spiro atoms. The van der Waals surface area contributed by atoms with E-state index in [4.69, 9.17) is 16.3 Å². The monoisotopic (exact) mass is 267 g/mol. The van der Waals surface area contributed by atoms with Crippen LogP contribution in [-0.4, -0.2) is 32.1 Å². The summed E-state index contributed by atoms with van der Waals surface area (Å²) in [7, 11) is 0. The SMILES string of the molecule is CCN(CC1CCCO1)c1ccc(Cl)cc1C=O. The Bertz CT molecular complexity index is 416. The Morgan fingerprint density at radius 1 is 1.56 bits per heavy atom. The topological polar surface area (TPSA) is 29.5 Å². The summed E-state index contributed by atoms with van der Waals surface area (Å²) in [4.78, 5) is 13.3. The van der Waals surface area contributed by atoms with E-state index >= 15 is 0 Å². The van der Waals surface area contributed by atoms with Gasteiger partial charge in [-0.25, -0.2) is 0 Å². The first kappa shape index (κ1) is 13.4. The van der Waals surface area contributed by atoms with Gasteiger partial charge in [-0.05, 0) is 38.0 Å². The highest BCUT2D eigenvalue weighted by molar-refractivity contribution is 6.31. The number of hydrogen-bond acceptors (Lipinski definition) is 3. The van der Waals surface area contributed by atoms with Crippen LogP contribution in [0.1, 0.15) is 30.1 Å². The molecule has 0 radical (unpaired) electrons. The molecule has 18 heavy (non-hydrogen) atoms. The summed E-state index contributed by atoms with van der Waals surface area (Å²) in [6.45, 7) is 4.61. The summed E-state index contributed by atoms with van der Waals surface area (Å²) in [6.07, 6.45) is 3.36. The number of hydrogen-bond donors (Lipinski definition) is 0. The third kappa shape index (κ3) is 3.03. The Kier molecular flexibility index (Phi) is 4.61. The largest absolute Gasteiger partial charge is 0.376 e.